The van der Waals surface area contributed by atoms with Crippen LogP contribution in [0.4, 0.5) is 0 Å². The Kier molecular flexibility index (Phi) is 4.95. The summed E-state index contributed by atoms with van der Waals surface area (Å²) in [5, 5.41) is 2.72. The standard InChI is InChI=1S/C20H26N2OS/c23-20-17-8-4-5-9-19(17)24-15-18(20)22-12-10-21(11-13-22)14-16-6-2-1-3-7-16/h1-3,6-7,15,17,19H,4-5,8-14H2. The van der Waals surface area contributed by atoms with E-state index in [0.717, 1.165) is 44.8 Å². The van der Waals surface area contributed by atoms with Gasteiger partial charge in [0.05, 0.1) is 5.70 Å². The molecule has 0 bridgehead atoms. The first-order valence-electron chi connectivity index (χ1n) is 9.22. The van der Waals surface area contributed by atoms with Gasteiger partial charge in [-0.25, -0.2) is 0 Å². The fourth-order valence-corrected chi connectivity index (χ4v) is 5.50. The third-order valence-corrected chi connectivity index (χ3v) is 6.88. The maximum Gasteiger partial charge on any atom is 0.183 e. The number of hydrogen-bond acceptors (Lipinski definition) is 4. The second-order valence-corrected chi connectivity index (χ2v) is 8.29. The Morgan fingerprint density at radius 1 is 1.00 bits per heavy atom. The monoisotopic (exact) mass is 342 g/mol. The van der Waals surface area contributed by atoms with Gasteiger partial charge in [0, 0.05) is 43.9 Å². The Morgan fingerprint density at radius 2 is 1.75 bits per heavy atom. The van der Waals surface area contributed by atoms with Crippen LogP contribution in [0.1, 0.15) is 31.2 Å². The smallest absolute Gasteiger partial charge is 0.183 e. The first kappa shape index (κ1) is 16.2. The molecule has 0 aromatic heterocycles. The van der Waals surface area contributed by atoms with E-state index in [9.17, 15) is 4.79 Å². The summed E-state index contributed by atoms with van der Waals surface area (Å²) in [6, 6.07) is 10.7. The second kappa shape index (κ2) is 7.32. The number of allylic oxidation sites excluding steroid dienone is 1. The fourth-order valence-electron chi connectivity index (χ4n) is 4.18. The average Bonchev–Trinajstić information content (AvgIpc) is 2.64. The molecule has 2 aliphatic heterocycles. The summed E-state index contributed by atoms with van der Waals surface area (Å²) in [5.41, 5.74) is 2.38. The summed E-state index contributed by atoms with van der Waals surface area (Å²) >= 11 is 1.92. The zero-order valence-electron chi connectivity index (χ0n) is 14.2. The minimum absolute atomic E-state index is 0.283. The maximum absolute atomic E-state index is 12.9. The molecule has 2 unspecified atom stereocenters. The van der Waals surface area contributed by atoms with Gasteiger partial charge in [-0.05, 0) is 23.8 Å². The molecule has 24 heavy (non-hydrogen) atoms. The number of fused-ring (bicyclic) bond motifs is 1. The van der Waals surface area contributed by atoms with E-state index in [1.54, 1.807) is 0 Å². The zero-order valence-corrected chi connectivity index (χ0v) is 15.0. The van der Waals surface area contributed by atoms with Crippen molar-refractivity contribution >= 4 is 17.5 Å². The van der Waals surface area contributed by atoms with Crippen LogP contribution in [0.15, 0.2) is 41.4 Å². The van der Waals surface area contributed by atoms with Crippen LogP contribution in [0.5, 0.6) is 0 Å². The van der Waals surface area contributed by atoms with Gasteiger partial charge in [0.25, 0.3) is 0 Å². The van der Waals surface area contributed by atoms with E-state index >= 15 is 0 Å². The predicted molar refractivity (Wildman–Crippen MR) is 99.7 cm³/mol. The van der Waals surface area contributed by atoms with Crippen LogP contribution in [0, 0.1) is 5.92 Å². The highest BCUT2D eigenvalue weighted by Crippen LogP contribution is 2.40. The van der Waals surface area contributed by atoms with E-state index in [1.807, 2.05) is 11.8 Å². The molecular weight excluding hydrogens is 316 g/mol. The average molecular weight is 343 g/mol. The molecule has 3 aliphatic rings. The quantitative estimate of drug-likeness (QED) is 0.838. The number of piperazine rings is 1. The van der Waals surface area contributed by atoms with Gasteiger partial charge in [-0.1, -0.05) is 43.2 Å². The summed E-state index contributed by atoms with van der Waals surface area (Å²) in [4.78, 5) is 17.7. The van der Waals surface area contributed by atoms with E-state index in [4.69, 9.17) is 0 Å². The van der Waals surface area contributed by atoms with Crippen LogP contribution in [0.3, 0.4) is 0 Å². The molecule has 2 fully saturated rings. The SMILES string of the molecule is O=C1C(N2CCN(Cc3ccccc3)CC2)=CSC2CCCCC12. The molecule has 1 aromatic carbocycles. The number of nitrogens with zero attached hydrogens (tertiary/aromatic N) is 2. The number of benzene rings is 1. The molecule has 0 amide bonds. The van der Waals surface area contributed by atoms with Crippen molar-refractivity contribution in [1.82, 2.24) is 9.80 Å². The summed E-state index contributed by atoms with van der Waals surface area (Å²) in [6.45, 7) is 5.04. The molecule has 1 saturated heterocycles. The molecule has 4 heteroatoms. The lowest BCUT2D eigenvalue weighted by atomic mass is 9.84. The lowest BCUT2D eigenvalue weighted by Gasteiger charge is -2.41. The molecule has 0 spiro atoms. The van der Waals surface area contributed by atoms with E-state index in [2.05, 4.69) is 45.5 Å². The van der Waals surface area contributed by atoms with Crippen molar-refractivity contribution < 1.29 is 4.79 Å². The van der Waals surface area contributed by atoms with Gasteiger partial charge < -0.3 is 4.90 Å². The number of carbonyl (C=O) groups is 1. The Hall–Kier alpha value is -1.26. The number of ketones is 1. The first-order chi connectivity index (χ1) is 11.8. The number of rotatable bonds is 3. The van der Waals surface area contributed by atoms with E-state index < -0.39 is 0 Å². The van der Waals surface area contributed by atoms with Crippen molar-refractivity contribution in [3.05, 3.63) is 47.0 Å². The number of hydrogen-bond donors (Lipinski definition) is 0. The van der Waals surface area contributed by atoms with Crippen molar-refractivity contribution in [3.8, 4) is 0 Å². The third kappa shape index (κ3) is 3.40. The molecule has 3 nitrogen and oxygen atoms in total. The van der Waals surface area contributed by atoms with E-state index in [0.29, 0.717) is 11.0 Å². The molecule has 2 heterocycles. The van der Waals surface area contributed by atoms with Crippen molar-refractivity contribution in [2.45, 2.75) is 37.5 Å². The summed E-state index contributed by atoms with van der Waals surface area (Å²) < 4.78 is 0. The molecule has 2 atom stereocenters. The Balaban J connectivity index is 1.35. The van der Waals surface area contributed by atoms with Gasteiger partial charge in [-0.2, -0.15) is 0 Å². The van der Waals surface area contributed by atoms with Gasteiger partial charge in [0.15, 0.2) is 5.78 Å². The highest BCUT2D eigenvalue weighted by molar-refractivity contribution is 8.02. The lowest BCUT2D eigenvalue weighted by molar-refractivity contribution is -0.121. The van der Waals surface area contributed by atoms with Gasteiger partial charge in [-0.3, -0.25) is 9.69 Å². The van der Waals surface area contributed by atoms with Crippen LogP contribution in [-0.4, -0.2) is 47.0 Å². The first-order valence-corrected chi connectivity index (χ1v) is 10.2. The largest absolute Gasteiger partial charge is 0.366 e. The molecular formula is C20H26N2OS. The van der Waals surface area contributed by atoms with Crippen LogP contribution in [-0.2, 0) is 11.3 Å². The van der Waals surface area contributed by atoms with Crippen LogP contribution in [0.25, 0.3) is 0 Å². The third-order valence-electron chi connectivity index (χ3n) is 5.61. The normalized spacial score (nSPS) is 28.4. The van der Waals surface area contributed by atoms with E-state index in [-0.39, 0.29) is 5.92 Å². The Morgan fingerprint density at radius 3 is 2.54 bits per heavy atom. The molecule has 1 aliphatic carbocycles. The number of Topliss-reactive ketones (excluding diaryl/α,β-unsaturated/α-hetero) is 1. The highest BCUT2D eigenvalue weighted by atomic mass is 32.2. The fraction of sp³-hybridized carbons (Fsp3) is 0.550. The summed E-state index contributed by atoms with van der Waals surface area (Å²) in [7, 11) is 0. The number of thioether (sulfide) groups is 1. The van der Waals surface area contributed by atoms with E-state index in [1.165, 1.54) is 24.8 Å². The summed E-state index contributed by atoms with van der Waals surface area (Å²) in [5.74, 6) is 0.709. The molecule has 1 saturated carbocycles. The minimum Gasteiger partial charge on any atom is -0.366 e. The molecule has 1 aromatic rings. The topological polar surface area (TPSA) is 23.6 Å². The minimum atomic E-state index is 0.283. The van der Waals surface area contributed by atoms with Crippen molar-refractivity contribution in [2.24, 2.45) is 5.92 Å². The van der Waals surface area contributed by atoms with Gasteiger partial charge >= 0.3 is 0 Å². The van der Waals surface area contributed by atoms with Gasteiger partial charge in [-0.15, -0.1) is 11.8 Å². The van der Waals surface area contributed by atoms with Gasteiger partial charge in [0.1, 0.15) is 0 Å². The molecule has 4 rings (SSSR count). The Labute approximate surface area is 149 Å². The second-order valence-electron chi connectivity index (χ2n) is 7.18. The van der Waals surface area contributed by atoms with Gasteiger partial charge in [0.2, 0.25) is 0 Å². The van der Waals surface area contributed by atoms with Crippen molar-refractivity contribution in [2.75, 3.05) is 26.2 Å². The molecule has 128 valence electrons. The highest BCUT2D eigenvalue weighted by Gasteiger charge is 2.38. The van der Waals surface area contributed by atoms with Crippen molar-refractivity contribution in [3.63, 3.8) is 0 Å². The Bertz CT molecular complexity index is 607. The summed E-state index contributed by atoms with van der Waals surface area (Å²) in [6.07, 6.45) is 4.84. The number of carbonyl (C=O) groups excluding carboxylic acids is 1. The molecule has 0 N–H and O–H groups in total. The lowest BCUT2D eigenvalue weighted by Crippen LogP contribution is -2.48. The zero-order chi connectivity index (χ0) is 16.4. The molecule has 0 radical (unpaired) electrons. The van der Waals surface area contributed by atoms with Crippen molar-refractivity contribution in [1.29, 1.82) is 0 Å². The predicted octanol–water partition coefficient (Wildman–Crippen LogP) is 3.52. The van der Waals surface area contributed by atoms with Crippen LogP contribution >= 0.6 is 11.8 Å². The maximum atomic E-state index is 12.9. The van der Waals surface area contributed by atoms with Crippen LogP contribution in [0.2, 0.25) is 0 Å². The van der Waals surface area contributed by atoms with Crippen LogP contribution < -0.4 is 0 Å².